The molecule has 37 heavy (non-hydrogen) atoms. The topological polar surface area (TPSA) is 106 Å². The molecule has 0 unspecified atom stereocenters. The van der Waals surface area contributed by atoms with E-state index in [1.54, 1.807) is 12.3 Å². The van der Waals surface area contributed by atoms with E-state index in [2.05, 4.69) is 35.6 Å². The van der Waals surface area contributed by atoms with Gasteiger partial charge in [0.1, 0.15) is 11.5 Å². The Labute approximate surface area is 213 Å². The maximum absolute atomic E-state index is 13.0. The lowest BCUT2D eigenvalue weighted by atomic mass is 10.1. The van der Waals surface area contributed by atoms with Gasteiger partial charge >= 0.3 is 0 Å². The normalized spacial score (nSPS) is 14.1. The van der Waals surface area contributed by atoms with Gasteiger partial charge in [-0.3, -0.25) is 30.3 Å². The molecule has 1 amide bonds. The number of hydrazine groups is 1. The first-order chi connectivity index (χ1) is 18.0. The number of nitrogens with one attached hydrogen (secondary N) is 3. The summed E-state index contributed by atoms with van der Waals surface area (Å²) in [7, 11) is 0. The second kappa shape index (κ2) is 10.8. The molecule has 0 atom stereocenters. The summed E-state index contributed by atoms with van der Waals surface area (Å²) in [6.07, 6.45) is 4.26. The average molecular weight is 502 g/mol. The van der Waals surface area contributed by atoms with Crippen LogP contribution in [-0.4, -0.2) is 51.9 Å². The third-order valence-electron chi connectivity index (χ3n) is 6.50. The zero-order chi connectivity index (χ0) is 25.8. The van der Waals surface area contributed by atoms with Crippen molar-refractivity contribution in [2.75, 3.05) is 36.5 Å². The molecule has 5 rings (SSSR count). The van der Waals surface area contributed by atoms with Gasteiger partial charge in [0.2, 0.25) is 0 Å². The van der Waals surface area contributed by atoms with Crippen LogP contribution < -0.4 is 21.3 Å². The Morgan fingerprint density at radius 3 is 2.51 bits per heavy atom. The van der Waals surface area contributed by atoms with E-state index >= 15 is 0 Å². The monoisotopic (exact) mass is 501 g/mol. The molecule has 0 aliphatic carbocycles. The van der Waals surface area contributed by atoms with E-state index in [9.17, 15) is 14.0 Å². The molecule has 3 aromatic heterocycles. The van der Waals surface area contributed by atoms with Gasteiger partial charge in [-0.15, -0.1) is 0 Å². The Morgan fingerprint density at radius 1 is 1.03 bits per heavy atom. The number of aryl methyl sites for hydroxylation is 1. The molecule has 1 fully saturated rings. The summed E-state index contributed by atoms with van der Waals surface area (Å²) in [5.74, 6) is -0.722. The van der Waals surface area contributed by atoms with Crippen molar-refractivity contribution in [3.63, 3.8) is 0 Å². The number of pyridine rings is 3. The highest BCUT2D eigenvalue weighted by molar-refractivity contribution is 5.93. The van der Waals surface area contributed by atoms with Crippen LogP contribution in [0.15, 0.2) is 65.7 Å². The third-order valence-corrected chi connectivity index (χ3v) is 6.50. The largest absolute Gasteiger partial charge is 0.368 e. The predicted molar refractivity (Wildman–Crippen MR) is 141 cm³/mol. The highest BCUT2D eigenvalue weighted by Gasteiger charge is 2.18. The van der Waals surface area contributed by atoms with Crippen molar-refractivity contribution in [2.24, 2.45) is 0 Å². The van der Waals surface area contributed by atoms with Crippen LogP contribution in [0, 0.1) is 5.82 Å². The van der Waals surface area contributed by atoms with Gasteiger partial charge in [-0.05, 0) is 60.5 Å². The first kappa shape index (κ1) is 24.4. The van der Waals surface area contributed by atoms with Crippen molar-refractivity contribution in [3.8, 4) is 0 Å². The zero-order valence-electron chi connectivity index (χ0n) is 20.5. The molecule has 3 N–H and O–H groups in total. The van der Waals surface area contributed by atoms with E-state index < -0.39 is 0 Å². The van der Waals surface area contributed by atoms with Crippen LogP contribution in [0.1, 0.15) is 28.5 Å². The molecular formula is C27H28FN7O2. The molecule has 4 heterocycles. The molecule has 1 aromatic carbocycles. The van der Waals surface area contributed by atoms with Crippen LogP contribution in [0.2, 0.25) is 0 Å². The average Bonchev–Trinajstić information content (AvgIpc) is 2.92. The van der Waals surface area contributed by atoms with Crippen molar-refractivity contribution in [2.45, 2.75) is 19.9 Å². The number of H-pyrrole nitrogens is 1. The Morgan fingerprint density at radius 2 is 1.81 bits per heavy atom. The number of rotatable bonds is 7. The van der Waals surface area contributed by atoms with Crippen LogP contribution in [0.5, 0.6) is 0 Å². The molecule has 4 aromatic rings. The van der Waals surface area contributed by atoms with E-state index in [1.807, 2.05) is 31.3 Å². The second-order valence-corrected chi connectivity index (χ2v) is 9.00. The number of carbonyl (C=O) groups excluding carboxylic acids is 1. The van der Waals surface area contributed by atoms with Crippen molar-refractivity contribution in [3.05, 3.63) is 93.9 Å². The van der Waals surface area contributed by atoms with Gasteiger partial charge in [0.05, 0.1) is 28.6 Å². The second-order valence-electron chi connectivity index (χ2n) is 9.00. The SMILES string of the molecule is CCc1cc2ncc(CN3CCN(c4ccc(C(=O)NNc5ccc(F)cc5)nc4)CC3)cc2[nH]c1=O. The Kier molecular flexibility index (Phi) is 7.09. The van der Waals surface area contributed by atoms with Crippen molar-refractivity contribution in [1.82, 2.24) is 25.3 Å². The molecule has 9 nitrogen and oxygen atoms in total. The van der Waals surface area contributed by atoms with Crippen LogP contribution >= 0.6 is 0 Å². The van der Waals surface area contributed by atoms with Crippen molar-refractivity contribution in [1.29, 1.82) is 0 Å². The Hall–Kier alpha value is -4.31. The molecule has 1 saturated heterocycles. The maximum atomic E-state index is 13.0. The minimum Gasteiger partial charge on any atom is -0.368 e. The van der Waals surface area contributed by atoms with E-state index in [0.717, 1.165) is 60.6 Å². The number of hydrogen-bond acceptors (Lipinski definition) is 7. The number of piperazine rings is 1. The zero-order valence-corrected chi connectivity index (χ0v) is 20.5. The van der Waals surface area contributed by atoms with Gasteiger partial charge in [-0.25, -0.2) is 9.37 Å². The Bertz CT molecular complexity index is 1450. The smallest absolute Gasteiger partial charge is 0.288 e. The number of carbonyl (C=O) groups is 1. The third kappa shape index (κ3) is 5.75. The van der Waals surface area contributed by atoms with Crippen molar-refractivity contribution < 1.29 is 9.18 Å². The minimum absolute atomic E-state index is 0.0520. The predicted octanol–water partition coefficient (Wildman–Crippen LogP) is 3.10. The summed E-state index contributed by atoms with van der Waals surface area (Å²) >= 11 is 0. The van der Waals surface area contributed by atoms with E-state index in [-0.39, 0.29) is 23.0 Å². The number of amides is 1. The fraction of sp³-hybridized carbons (Fsp3) is 0.259. The van der Waals surface area contributed by atoms with E-state index in [0.29, 0.717) is 12.1 Å². The first-order valence-electron chi connectivity index (χ1n) is 12.2. The van der Waals surface area contributed by atoms with E-state index in [1.165, 1.54) is 24.3 Å². The van der Waals surface area contributed by atoms with Crippen LogP contribution in [0.4, 0.5) is 15.8 Å². The number of benzene rings is 1. The van der Waals surface area contributed by atoms with Gasteiger partial charge in [0.25, 0.3) is 11.5 Å². The quantitative estimate of drug-likeness (QED) is 0.334. The van der Waals surface area contributed by atoms with E-state index in [4.69, 9.17) is 0 Å². The molecule has 1 aliphatic rings. The fourth-order valence-corrected chi connectivity index (χ4v) is 4.37. The van der Waals surface area contributed by atoms with Gasteiger partial charge in [-0.1, -0.05) is 6.92 Å². The number of aromatic nitrogens is 3. The minimum atomic E-state index is -0.378. The molecule has 0 radical (unpaired) electrons. The maximum Gasteiger partial charge on any atom is 0.288 e. The Balaban J connectivity index is 1.14. The lowest BCUT2D eigenvalue weighted by Gasteiger charge is -2.36. The van der Waals surface area contributed by atoms with Gasteiger partial charge in [-0.2, -0.15) is 0 Å². The molecule has 0 spiro atoms. The van der Waals surface area contributed by atoms with Crippen LogP contribution in [-0.2, 0) is 13.0 Å². The molecule has 0 saturated carbocycles. The summed E-state index contributed by atoms with van der Waals surface area (Å²) in [5.41, 5.74) is 10.4. The molecule has 1 aliphatic heterocycles. The number of halogens is 1. The van der Waals surface area contributed by atoms with Crippen LogP contribution in [0.25, 0.3) is 11.0 Å². The summed E-state index contributed by atoms with van der Waals surface area (Å²) in [6.45, 7) is 6.11. The summed E-state index contributed by atoms with van der Waals surface area (Å²) in [6, 6.07) is 13.1. The number of nitrogens with zero attached hydrogens (tertiary/aromatic N) is 4. The van der Waals surface area contributed by atoms with Gasteiger partial charge in [0.15, 0.2) is 0 Å². The summed E-state index contributed by atoms with van der Waals surface area (Å²) < 4.78 is 13.0. The highest BCUT2D eigenvalue weighted by Crippen LogP contribution is 2.18. The fourth-order valence-electron chi connectivity index (χ4n) is 4.37. The van der Waals surface area contributed by atoms with Crippen molar-refractivity contribution >= 4 is 28.3 Å². The highest BCUT2D eigenvalue weighted by atomic mass is 19.1. The summed E-state index contributed by atoms with van der Waals surface area (Å²) in [5, 5.41) is 0. The lowest BCUT2D eigenvalue weighted by molar-refractivity contribution is 0.0958. The summed E-state index contributed by atoms with van der Waals surface area (Å²) in [4.78, 5) is 40.9. The standard InChI is InChI=1S/C27H28FN7O2/c1-2-19-14-24-25(31-26(19)36)13-18(15-29-24)17-34-9-11-35(12-10-34)22-7-8-23(30-16-22)27(37)33-32-21-5-3-20(28)4-6-21/h3-8,13-16,32H,2,9-12,17H2,1H3,(H,31,36)(H,33,37). The number of fused-ring (bicyclic) bond motifs is 1. The molecule has 10 heteroatoms. The number of hydrogen-bond donors (Lipinski definition) is 3. The van der Waals surface area contributed by atoms with Crippen LogP contribution in [0.3, 0.4) is 0 Å². The molecule has 190 valence electrons. The molecule has 0 bridgehead atoms. The molecular weight excluding hydrogens is 473 g/mol. The van der Waals surface area contributed by atoms with Gasteiger partial charge < -0.3 is 9.88 Å². The van der Waals surface area contributed by atoms with Gasteiger partial charge in [0, 0.05) is 44.5 Å². The number of anilines is 2. The number of aromatic amines is 1. The first-order valence-corrected chi connectivity index (χ1v) is 12.2. The lowest BCUT2D eigenvalue weighted by Crippen LogP contribution is -2.46.